The van der Waals surface area contributed by atoms with E-state index in [0.717, 1.165) is 24.9 Å². The molecule has 0 bridgehead atoms. The van der Waals surface area contributed by atoms with Crippen LogP contribution in [0.1, 0.15) is 56.7 Å². The quantitative estimate of drug-likeness (QED) is 0.497. The van der Waals surface area contributed by atoms with E-state index in [2.05, 4.69) is 44.7 Å². The van der Waals surface area contributed by atoms with E-state index in [4.69, 9.17) is 11.5 Å². The Labute approximate surface area is 169 Å². The summed E-state index contributed by atoms with van der Waals surface area (Å²) in [4.78, 5) is 2.45. The van der Waals surface area contributed by atoms with Crippen molar-refractivity contribution in [3.63, 3.8) is 0 Å². The zero-order chi connectivity index (χ0) is 20.9. The number of benzene rings is 2. The highest BCUT2D eigenvalue weighted by Crippen LogP contribution is 2.33. The molecule has 0 heterocycles. The lowest BCUT2D eigenvalue weighted by molar-refractivity contribution is 0.0507. The van der Waals surface area contributed by atoms with Gasteiger partial charge in [-0.05, 0) is 82.3 Å². The van der Waals surface area contributed by atoms with E-state index in [9.17, 15) is 10.2 Å². The molecule has 0 saturated carbocycles. The third-order valence-electron chi connectivity index (χ3n) is 5.32. The van der Waals surface area contributed by atoms with Crippen LogP contribution in [0.25, 0.3) is 0 Å². The summed E-state index contributed by atoms with van der Waals surface area (Å²) in [6, 6.07) is 16.0. The molecule has 28 heavy (non-hydrogen) atoms. The molecule has 154 valence electrons. The van der Waals surface area contributed by atoms with Gasteiger partial charge in [0.2, 0.25) is 0 Å². The fraction of sp³-hybridized carbons (Fsp3) is 0.478. The summed E-state index contributed by atoms with van der Waals surface area (Å²) in [7, 11) is 0. The van der Waals surface area contributed by atoms with Gasteiger partial charge < -0.3 is 10.2 Å². The molecule has 0 spiro atoms. The predicted molar refractivity (Wildman–Crippen MR) is 115 cm³/mol. The lowest BCUT2D eigenvalue weighted by Crippen LogP contribution is -2.45. The van der Waals surface area contributed by atoms with Gasteiger partial charge in [0.05, 0.1) is 0 Å². The molecule has 0 aromatic heterocycles. The monoisotopic (exact) mass is 385 g/mol. The van der Waals surface area contributed by atoms with Crippen molar-refractivity contribution < 1.29 is 10.2 Å². The first-order valence-corrected chi connectivity index (χ1v) is 10.0. The van der Waals surface area contributed by atoms with E-state index in [0.29, 0.717) is 17.6 Å². The average molecular weight is 386 g/mol. The van der Waals surface area contributed by atoms with Crippen LogP contribution in [-0.4, -0.2) is 33.7 Å². The molecular weight excluding hydrogens is 350 g/mol. The summed E-state index contributed by atoms with van der Waals surface area (Å²) >= 11 is 0. The molecule has 0 aliphatic rings. The van der Waals surface area contributed by atoms with Gasteiger partial charge in [-0.3, -0.25) is 16.4 Å². The van der Waals surface area contributed by atoms with Crippen LogP contribution in [0.2, 0.25) is 0 Å². The number of aromatic hydroxyl groups is 1. The Kier molecular flexibility index (Phi) is 7.61. The van der Waals surface area contributed by atoms with Crippen LogP contribution in [0.5, 0.6) is 5.75 Å². The van der Waals surface area contributed by atoms with Gasteiger partial charge in [-0.1, -0.05) is 30.3 Å². The van der Waals surface area contributed by atoms with Gasteiger partial charge in [0.1, 0.15) is 5.75 Å². The molecular formula is C23H35N3O2. The average Bonchev–Trinajstić information content (AvgIpc) is 2.60. The summed E-state index contributed by atoms with van der Waals surface area (Å²) in [6.45, 7) is 9.72. The highest BCUT2D eigenvalue weighted by Gasteiger charge is 2.24. The van der Waals surface area contributed by atoms with E-state index >= 15 is 0 Å². The van der Waals surface area contributed by atoms with Crippen LogP contribution in [-0.2, 0) is 12.3 Å². The van der Waals surface area contributed by atoms with Gasteiger partial charge in [0.15, 0.2) is 5.85 Å². The number of nitrogens with two attached hydrogens (primary N) is 2. The number of nitrogens with zero attached hydrogens (tertiary/aromatic N) is 1. The summed E-state index contributed by atoms with van der Waals surface area (Å²) in [5.41, 5.74) is 13.7. The van der Waals surface area contributed by atoms with Crippen LogP contribution >= 0.6 is 0 Å². The Morgan fingerprint density at radius 1 is 0.964 bits per heavy atom. The first-order valence-electron chi connectivity index (χ1n) is 10.0. The number of phenols is 1. The Hall–Kier alpha value is -1.92. The van der Waals surface area contributed by atoms with E-state index in [-0.39, 0.29) is 11.7 Å². The second kappa shape index (κ2) is 9.52. The fourth-order valence-corrected chi connectivity index (χ4v) is 3.81. The first kappa shape index (κ1) is 22.4. The van der Waals surface area contributed by atoms with Crippen LogP contribution in [0.15, 0.2) is 48.5 Å². The minimum absolute atomic E-state index is 0.0738. The zero-order valence-corrected chi connectivity index (χ0v) is 17.5. The molecule has 0 amide bonds. The second-order valence-corrected chi connectivity index (χ2v) is 8.20. The SMILES string of the molecule is CC(C)N(CCC(Cc1ccccc1)c1cc(C(N)(N)O)ccc1O)C(C)C. The molecule has 0 fully saturated rings. The third-order valence-corrected chi connectivity index (χ3v) is 5.32. The molecule has 2 aromatic carbocycles. The van der Waals surface area contributed by atoms with Gasteiger partial charge in [-0.25, -0.2) is 0 Å². The Morgan fingerprint density at radius 3 is 2.11 bits per heavy atom. The maximum atomic E-state index is 10.6. The first-order chi connectivity index (χ1) is 13.1. The van der Waals surface area contributed by atoms with Gasteiger partial charge in [0, 0.05) is 17.6 Å². The number of hydrogen-bond acceptors (Lipinski definition) is 5. The van der Waals surface area contributed by atoms with Crippen molar-refractivity contribution in [2.75, 3.05) is 6.54 Å². The lowest BCUT2D eigenvalue weighted by atomic mass is 9.87. The van der Waals surface area contributed by atoms with Crippen molar-refractivity contribution >= 4 is 0 Å². The highest BCUT2D eigenvalue weighted by molar-refractivity contribution is 5.41. The molecule has 5 heteroatoms. The Bertz CT molecular complexity index is 731. The topological polar surface area (TPSA) is 95.7 Å². The molecule has 1 atom stereocenters. The zero-order valence-electron chi connectivity index (χ0n) is 17.5. The summed E-state index contributed by atoms with van der Waals surface area (Å²) in [6.07, 6.45) is 1.66. The molecule has 2 aromatic rings. The fourth-order valence-electron chi connectivity index (χ4n) is 3.81. The molecule has 2 rings (SSSR count). The molecule has 0 radical (unpaired) electrons. The summed E-state index contributed by atoms with van der Waals surface area (Å²) < 4.78 is 0. The Morgan fingerprint density at radius 2 is 1.57 bits per heavy atom. The lowest BCUT2D eigenvalue weighted by Gasteiger charge is -2.32. The largest absolute Gasteiger partial charge is 0.508 e. The van der Waals surface area contributed by atoms with Crippen molar-refractivity contribution in [1.29, 1.82) is 0 Å². The molecule has 0 aliphatic carbocycles. The van der Waals surface area contributed by atoms with Crippen molar-refractivity contribution in [3.8, 4) is 5.75 Å². The minimum atomic E-state index is -1.93. The third kappa shape index (κ3) is 6.04. The van der Waals surface area contributed by atoms with Crippen molar-refractivity contribution in [1.82, 2.24) is 4.90 Å². The summed E-state index contributed by atoms with van der Waals surface area (Å²) in [5, 5.41) is 20.6. The summed E-state index contributed by atoms with van der Waals surface area (Å²) in [5.74, 6) is -1.65. The van der Waals surface area contributed by atoms with Crippen molar-refractivity contribution in [3.05, 3.63) is 65.2 Å². The van der Waals surface area contributed by atoms with E-state index in [1.54, 1.807) is 18.2 Å². The molecule has 0 aliphatic heterocycles. The number of aliphatic hydroxyl groups is 1. The predicted octanol–water partition coefficient (Wildman–Crippen LogP) is 3.25. The maximum Gasteiger partial charge on any atom is 0.194 e. The van der Waals surface area contributed by atoms with E-state index in [1.165, 1.54) is 5.56 Å². The standard InChI is InChI=1S/C23H35N3O2/c1-16(2)26(17(3)4)13-12-19(14-18-8-6-5-7-9-18)21-15-20(23(24,25)28)10-11-22(21)27/h5-11,15-17,19,27-28H,12-14,24-25H2,1-4H3. The molecule has 0 saturated heterocycles. The van der Waals surface area contributed by atoms with E-state index in [1.807, 2.05) is 18.2 Å². The van der Waals surface area contributed by atoms with Gasteiger partial charge in [0.25, 0.3) is 0 Å². The van der Waals surface area contributed by atoms with Gasteiger partial charge >= 0.3 is 0 Å². The smallest absolute Gasteiger partial charge is 0.194 e. The normalized spacial score (nSPS) is 13.5. The molecule has 5 nitrogen and oxygen atoms in total. The number of hydrogen-bond donors (Lipinski definition) is 4. The van der Waals surface area contributed by atoms with Crippen LogP contribution in [0.3, 0.4) is 0 Å². The Balaban J connectivity index is 2.35. The number of rotatable bonds is 9. The second-order valence-electron chi connectivity index (χ2n) is 8.20. The van der Waals surface area contributed by atoms with Crippen LogP contribution in [0, 0.1) is 0 Å². The van der Waals surface area contributed by atoms with Crippen LogP contribution < -0.4 is 11.5 Å². The van der Waals surface area contributed by atoms with Crippen molar-refractivity contribution in [2.24, 2.45) is 11.5 Å². The van der Waals surface area contributed by atoms with Crippen LogP contribution in [0.4, 0.5) is 0 Å². The minimum Gasteiger partial charge on any atom is -0.508 e. The van der Waals surface area contributed by atoms with Gasteiger partial charge in [-0.2, -0.15) is 0 Å². The van der Waals surface area contributed by atoms with Crippen molar-refractivity contribution in [2.45, 2.75) is 64.4 Å². The highest BCUT2D eigenvalue weighted by atomic mass is 16.3. The molecule has 6 N–H and O–H groups in total. The maximum absolute atomic E-state index is 10.6. The van der Waals surface area contributed by atoms with Gasteiger partial charge in [-0.15, -0.1) is 0 Å². The van der Waals surface area contributed by atoms with E-state index < -0.39 is 5.85 Å². The number of phenolic OH excluding ortho intramolecular Hbond substituents is 1. The molecule has 1 unspecified atom stereocenters.